The Labute approximate surface area is 106 Å². The second kappa shape index (κ2) is 5.68. The van der Waals surface area contributed by atoms with Gasteiger partial charge >= 0.3 is 0 Å². The topological polar surface area (TPSA) is 24.5 Å². The third kappa shape index (κ3) is 3.21. The fraction of sp³-hybridized carbons (Fsp3) is 1.00. The zero-order valence-electron chi connectivity index (χ0n) is 11.7. The van der Waals surface area contributed by atoms with E-state index < -0.39 is 0 Å². The van der Waals surface area contributed by atoms with Crippen molar-refractivity contribution in [1.82, 2.24) is 10.2 Å². The second-order valence-corrected chi connectivity index (χ2v) is 6.00. The van der Waals surface area contributed by atoms with Gasteiger partial charge in [-0.05, 0) is 39.0 Å². The minimum absolute atomic E-state index is 0.317. The normalized spacial score (nSPS) is 34.8. The molecule has 0 aromatic heterocycles. The Hall–Kier alpha value is -0.120. The van der Waals surface area contributed by atoms with Crippen molar-refractivity contribution in [2.24, 2.45) is 5.92 Å². The molecule has 0 saturated carbocycles. The first-order valence-corrected chi connectivity index (χ1v) is 7.21. The van der Waals surface area contributed by atoms with Crippen molar-refractivity contribution in [2.45, 2.75) is 51.6 Å². The average molecular weight is 240 g/mol. The molecule has 0 aliphatic carbocycles. The molecule has 17 heavy (non-hydrogen) atoms. The predicted octanol–water partition coefficient (Wildman–Crippen LogP) is 1.88. The molecule has 1 N–H and O–H groups in total. The zero-order chi connectivity index (χ0) is 12.3. The molecule has 0 aromatic carbocycles. The van der Waals surface area contributed by atoms with Crippen molar-refractivity contribution < 1.29 is 4.74 Å². The monoisotopic (exact) mass is 240 g/mol. The average Bonchev–Trinajstić information content (AvgIpc) is 2.39. The molecule has 0 spiro atoms. The number of ether oxygens (including phenoxy) is 1. The first kappa shape index (κ1) is 13.3. The quantitative estimate of drug-likeness (QED) is 0.815. The lowest BCUT2D eigenvalue weighted by Gasteiger charge is -2.46. The number of nitrogens with one attached hydrogen (secondary N) is 1. The first-order chi connectivity index (χ1) is 8.14. The number of piperazine rings is 1. The molecule has 3 heteroatoms. The summed E-state index contributed by atoms with van der Waals surface area (Å²) in [6.45, 7) is 12.5. The second-order valence-electron chi connectivity index (χ2n) is 6.00. The van der Waals surface area contributed by atoms with E-state index in [0.29, 0.717) is 11.6 Å². The molecule has 2 atom stereocenters. The largest absolute Gasteiger partial charge is 0.381 e. The summed E-state index contributed by atoms with van der Waals surface area (Å²) in [5.74, 6) is 0.836. The third-order valence-corrected chi connectivity index (χ3v) is 4.81. The molecule has 2 fully saturated rings. The van der Waals surface area contributed by atoms with Crippen molar-refractivity contribution in [3.63, 3.8) is 0 Å². The van der Waals surface area contributed by atoms with Crippen LogP contribution in [0.15, 0.2) is 0 Å². The summed E-state index contributed by atoms with van der Waals surface area (Å²) in [5, 5.41) is 3.67. The summed E-state index contributed by atoms with van der Waals surface area (Å²) in [6, 6.07) is 0.715. The van der Waals surface area contributed by atoms with Gasteiger partial charge in [0.05, 0.1) is 0 Å². The molecule has 100 valence electrons. The Morgan fingerprint density at radius 2 is 2.12 bits per heavy atom. The summed E-state index contributed by atoms with van der Waals surface area (Å²) in [7, 11) is 0. The van der Waals surface area contributed by atoms with E-state index >= 15 is 0 Å². The summed E-state index contributed by atoms with van der Waals surface area (Å²) >= 11 is 0. The number of rotatable bonds is 3. The minimum atomic E-state index is 0.317. The highest BCUT2D eigenvalue weighted by Crippen LogP contribution is 2.25. The van der Waals surface area contributed by atoms with Crippen LogP contribution in [-0.4, -0.2) is 49.3 Å². The molecule has 2 rings (SSSR count). The lowest BCUT2D eigenvalue weighted by atomic mass is 9.88. The van der Waals surface area contributed by atoms with Gasteiger partial charge in [0.25, 0.3) is 0 Å². The highest BCUT2D eigenvalue weighted by atomic mass is 16.5. The van der Waals surface area contributed by atoms with Gasteiger partial charge in [-0.25, -0.2) is 0 Å². The molecule has 2 aliphatic heterocycles. The number of hydrogen-bond donors (Lipinski definition) is 1. The van der Waals surface area contributed by atoms with Gasteiger partial charge < -0.3 is 10.1 Å². The molecule has 2 unspecified atom stereocenters. The van der Waals surface area contributed by atoms with Gasteiger partial charge in [-0.2, -0.15) is 0 Å². The first-order valence-electron chi connectivity index (χ1n) is 7.21. The molecule has 0 amide bonds. The standard InChI is InChI=1S/C14H28N2O/c1-4-14(3)11-16(8-7-15-14)12(2)13-5-9-17-10-6-13/h12-13,15H,4-11H2,1-3H3. The highest BCUT2D eigenvalue weighted by Gasteiger charge is 2.33. The smallest absolute Gasteiger partial charge is 0.0469 e. The van der Waals surface area contributed by atoms with E-state index in [1.54, 1.807) is 0 Å². The number of nitrogens with zero attached hydrogens (tertiary/aromatic N) is 1. The van der Waals surface area contributed by atoms with Crippen LogP contribution in [-0.2, 0) is 4.74 Å². The molecular weight excluding hydrogens is 212 g/mol. The SMILES string of the molecule is CCC1(C)CN(C(C)C2CCOCC2)CCN1. The molecule has 2 heterocycles. The Bertz CT molecular complexity index is 240. The summed E-state index contributed by atoms with van der Waals surface area (Å²) in [4.78, 5) is 2.69. The Morgan fingerprint density at radius 1 is 1.41 bits per heavy atom. The van der Waals surface area contributed by atoms with Gasteiger partial charge in [0.2, 0.25) is 0 Å². The highest BCUT2D eigenvalue weighted by molar-refractivity contribution is 4.92. The van der Waals surface area contributed by atoms with Crippen molar-refractivity contribution in [3.05, 3.63) is 0 Å². The summed E-state index contributed by atoms with van der Waals surface area (Å²) in [6.07, 6.45) is 3.70. The maximum Gasteiger partial charge on any atom is 0.0469 e. The summed E-state index contributed by atoms with van der Waals surface area (Å²) in [5.41, 5.74) is 0.317. The molecular formula is C14H28N2O. The maximum absolute atomic E-state index is 5.47. The van der Waals surface area contributed by atoms with E-state index in [4.69, 9.17) is 4.74 Å². The van der Waals surface area contributed by atoms with Gasteiger partial charge in [0, 0.05) is 44.4 Å². The van der Waals surface area contributed by atoms with E-state index in [9.17, 15) is 0 Å². The zero-order valence-corrected chi connectivity index (χ0v) is 11.7. The van der Waals surface area contributed by atoms with E-state index in [-0.39, 0.29) is 0 Å². The van der Waals surface area contributed by atoms with Crippen LogP contribution < -0.4 is 5.32 Å². The van der Waals surface area contributed by atoms with Gasteiger partial charge in [-0.1, -0.05) is 6.92 Å². The van der Waals surface area contributed by atoms with Crippen LogP contribution >= 0.6 is 0 Å². The van der Waals surface area contributed by atoms with Crippen LogP contribution in [0.4, 0.5) is 0 Å². The van der Waals surface area contributed by atoms with Crippen LogP contribution in [0.5, 0.6) is 0 Å². The van der Waals surface area contributed by atoms with Gasteiger partial charge in [-0.15, -0.1) is 0 Å². The molecule has 0 aromatic rings. The predicted molar refractivity (Wildman–Crippen MR) is 71.3 cm³/mol. The van der Waals surface area contributed by atoms with Crippen molar-refractivity contribution >= 4 is 0 Å². The Balaban J connectivity index is 1.91. The van der Waals surface area contributed by atoms with Crippen LogP contribution in [0.25, 0.3) is 0 Å². The fourth-order valence-corrected chi connectivity index (χ4v) is 3.17. The van der Waals surface area contributed by atoms with Crippen LogP contribution in [0.2, 0.25) is 0 Å². The molecule has 3 nitrogen and oxygen atoms in total. The number of hydrogen-bond acceptors (Lipinski definition) is 3. The van der Waals surface area contributed by atoms with Crippen LogP contribution in [0, 0.1) is 5.92 Å². The van der Waals surface area contributed by atoms with E-state index in [2.05, 4.69) is 31.0 Å². The Kier molecular flexibility index (Phi) is 4.45. The van der Waals surface area contributed by atoms with Crippen molar-refractivity contribution in [3.8, 4) is 0 Å². The van der Waals surface area contributed by atoms with E-state index in [0.717, 1.165) is 25.7 Å². The van der Waals surface area contributed by atoms with Gasteiger partial charge in [0.1, 0.15) is 0 Å². The molecule has 0 radical (unpaired) electrons. The van der Waals surface area contributed by atoms with Gasteiger partial charge in [-0.3, -0.25) is 4.90 Å². The van der Waals surface area contributed by atoms with Crippen molar-refractivity contribution in [1.29, 1.82) is 0 Å². The van der Waals surface area contributed by atoms with Crippen molar-refractivity contribution in [2.75, 3.05) is 32.8 Å². The lowest BCUT2D eigenvalue weighted by Crippen LogP contribution is -2.61. The summed E-state index contributed by atoms with van der Waals surface area (Å²) < 4.78 is 5.47. The minimum Gasteiger partial charge on any atom is -0.381 e. The third-order valence-electron chi connectivity index (χ3n) is 4.81. The van der Waals surface area contributed by atoms with Crippen LogP contribution in [0.3, 0.4) is 0 Å². The van der Waals surface area contributed by atoms with E-state index in [1.165, 1.54) is 32.4 Å². The molecule has 2 aliphatic rings. The Morgan fingerprint density at radius 3 is 2.76 bits per heavy atom. The molecule has 2 saturated heterocycles. The maximum atomic E-state index is 5.47. The van der Waals surface area contributed by atoms with E-state index in [1.807, 2.05) is 0 Å². The molecule has 0 bridgehead atoms. The lowest BCUT2D eigenvalue weighted by molar-refractivity contribution is 0.0135. The van der Waals surface area contributed by atoms with Crippen LogP contribution in [0.1, 0.15) is 40.0 Å². The van der Waals surface area contributed by atoms with Gasteiger partial charge in [0.15, 0.2) is 0 Å². The fourth-order valence-electron chi connectivity index (χ4n) is 3.17.